The number of fused-ring (bicyclic) bond motifs is 2. The minimum absolute atomic E-state index is 0.00833. The lowest BCUT2D eigenvalue weighted by molar-refractivity contribution is 0.237. The smallest absolute Gasteiger partial charge is 0.0926 e. The summed E-state index contributed by atoms with van der Waals surface area (Å²) in [4.78, 5) is 6.97. The van der Waals surface area contributed by atoms with Crippen molar-refractivity contribution in [2.75, 3.05) is 6.54 Å². The van der Waals surface area contributed by atoms with Gasteiger partial charge in [-0.1, -0.05) is 18.2 Å². The third kappa shape index (κ3) is 2.50. The van der Waals surface area contributed by atoms with Gasteiger partial charge in [0.2, 0.25) is 0 Å². The van der Waals surface area contributed by atoms with Crippen LogP contribution in [0.15, 0.2) is 30.5 Å². The lowest BCUT2D eigenvalue weighted by atomic mass is 10.0. The number of aliphatic hydroxyl groups excluding tert-OH is 1. The Kier molecular flexibility index (Phi) is 3.82. The summed E-state index contributed by atoms with van der Waals surface area (Å²) in [5.41, 5.74) is 6.87. The van der Waals surface area contributed by atoms with Gasteiger partial charge in [0.15, 0.2) is 0 Å². The molecule has 0 amide bonds. The van der Waals surface area contributed by atoms with Crippen LogP contribution < -0.4 is 0 Å². The highest BCUT2D eigenvalue weighted by molar-refractivity contribution is 5.84. The molecule has 24 heavy (non-hydrogen) atoms. The van der Waals surface area contributed by atoms with Crippen LogP contribution in [-0.4, -0.2) is 31.3 Å². The Balaban J connectivity index is 1.64. The van der Waals surface area contributed by atoms with Crippen LogP contribution in [-0.2, 0) is 33.2 Å². The van der Waals surface area contributed by atoms with Crippen molar-refractivity contribution in [2.45, 2.75) is 33.0 Å². The van der Waals surface area contributed by atoms with Crippen LogP contribution >= 0.6 is 0 Å². The molecule has 0 unspecified atom stereocenters. The molecule has 0 saturated heterocycles. The molecule has 0 fully saturated rings. The largest absolute Gasteiger partial charge is 0.390 e. The lowest BCUT2D eigenvalue weighted by Crippen LogP contribution is -2.31. The number of hydrogen-bond acceptors (Lipinski definition) is 4. The van der Waals surface area contributed by atoms with E-state index in [0.29, 0.717) is 0 Å². The van der Waals surface area contributed by atoms with E-state index in [1.54, 1.807) is 0 Å². The Morgan fingerprint density at radius 3 is 2.96 bits per heavy atom. The number of hydrogen-bond donors (Lipinski definition) is 1. The Labute approximate surface area is 141 Å². The molecule has 4 rings (SSSR count). The lowest BCUT2D eigenvalue weighted by Gasteiger charge is -2.28. The molecule has 0 bridgehead atoms. The zero-order chi connectivity index (χ0) is 16.7. The average molecular weight is 322 g/mol. The van der Waals surface area contributed by atoms with Gasteiger partial charge in [-0.3, -0.25) is 14.6 Å². The van der Waals surface area contributed by atoms with Crippen molar-refractivity contribution in [1.82, 2.24) is 19.7 Å². The molecule has 3 aromatic rings. The van der Waals surface area contributed by atoms with E-state index in [2.05, 4.69) is 40.1 Å². The van der Waals surface area contributed by atoms with E-state index in [4.69, 9.17) is 0 Å². The van der Waals surface area contributed by atoms with E-state index < -0.39 is 0 Å². The highest BCUT2D eigenvalue weighted by Gasteiger charge is 2.23. The van der Waals surface area contributed by atoms with Crippen LogP contribution in [0.5, 0.6) is 0 Å². The van der Waals surface area contributed by atoms with Crippen LogP contribution in [0.3, 0.4) is 0 Å². The molecule has 0 atom stereocenters. The van der Waals surface area contributed by atoms with Gasteiger partial charge in [-0.15, -0.1) is 0 Å². The number of aromatic nitrogens is 3. The second-order valence-corrected chi connectivity index (χ2v) is 6.56. The molecule has 3 heterocycles. The van der Waals surface area contributed by atoms with Crippen molar-refractivity contribution < 1.29 is 5.11 Å². The summed E-state index contributed by atoms with van der Waals surface area (Å²) in [6, 6.07) is 8.53. The Morgan fingerprint density at radius 2 is 2.12 bits per heavy atom. The summed E-state index contributed by atoms with van der Waals surface area (Å²) in [6.45, 7) is 4.85. The maximum Gasteiger partial charge on any atom is 0.0926 e. The molecule has 2 aromatic heterocycles. The number of aryl methyl sites for hydroxylation is 2. The van der Waals surface area contributed by atoms with Gasteiger partial charge in [0.1, 0.15) is 0 Å². The van der Waals surface area contributed by atoms with E-state index in [9.17, 15) is 5.11 Å². The van der Waals surface area contributed by atoms with Gasteiger partial charge in [0.05, 0.1) is 17.8 Å². The first-order valence-corrected chi connectivity index (χ1v) is 8.37. The number of rotatable bonds is 3. The fourth-order valence-corrected chi connectivity index (χ4v) is 3.74. The maximum atomic E-state index is 9.55. The van der Waals surface area contributed by atoms with Gasteiger partial charge >= 0.3 is 0 Å². The zero-order valence-corrected chi connectivity index (χ0v) is 14.2. The molecule has 0 saturated carbocycles. The fraction of sp³-hybridized carbons (Fsp3) is 0.368. The van der Waals surface area contributed by atoms with Crippen LogP contribution in [0.1, 0.15) is 28.1 Å². The number of nitrogens with zero attached hydrogens (tertiary/aromatic N) is 4. The normalized spacial score (nSPS) is 15.0. The van der Waals surface area contributed by atoms with Crippen molar-refractivity contribution in [3.63, 3.8) is 0 Å². The van der Waals surface area contributed by atoms with Crippen molar-refractivity contribution in [2.24, 2.45) is 7.05 Å². The predicted molar refractivity (Wildman–Crippen MR) is 93.4 cm³/mol. The van der Waals surface area contributed by atoms with Gasteiger partial charge in [-0.25, -0.2) is 0 Å². The molecule has 1 aliphatic rings. The van der Waals surface area contributed by atoms with Gasteiger partial charge < -0.3 is 5.11 Å². The van der Waals surface area contributed by atoms with Crippen LogP contribution in [0.25, 0.3) is 10.9 Å². The van der Waals surface area contributed by atoms with E-state index in [1.807, 2.05) is 24.0 Å². The maximum absolute atomic E-state index is 9.55. The van der Waals surface area contributed by atoms with E-state index in [-0.39, 0.29) is 6.61 Å². The van der Waals surface area contributed by atoms with Crippen molar-refractivity contribution >= 4 is 10.9 Å². The standard InChI is InChI=1S/C19H22N4O/c1-13-5-6-14(15-4-3-8-20-19(13)15)10-23-9-7-18-16(11-23)17(12-24)21-22(18)2/h3-6,8,24H,7,9-12H2,1-2H3. The number of pyridine rings is 1. The van der Waals surface area contributed by atoms with Crippen LogP contribution in [0, 0.1) is 6.92 Å². The molecule has 0 spiro atoms. The Hall–Kier alpha value is -2.24. The monoisotopic (exact) mass is 322 g/mol. The van der Waals surface area contributed by atoms with Gasteiger partial charge in [-0.2, -0.15) is 5.10 Å². The van der Waals surface area contributed by atoms with E-state index >= 15 is 0 Å². The van der Waals surface area contributed by atoms with Crippen LogP contribution in [0.4, 0.5) is 0 Å². The first-order chi connectivity index (χ1) is 11.7. The zero-order valence-electron chi connectivity index (χ0n) is 14.2. The molecule has 5 heteroatoms. The summed E-state index contributed by atoms with van der Waals surface area (Å²) in [5.74, 6) is 0. The summed E-state index contributed by atoms with van der Waals surface area (Å²) in [5, 5.41) is 15.2. The fourth-order valence-electron chi connectivity index (χ4n) is 3.74. The minimum atomic E-state index is 0.00833. The van der Waals surface area contributed by atoms with Crippen molar-refractivity contribution in [3.8, 4) is 0 Å². The second-order valence-electron chi connectivity index (χ2n) is 6.56. The minimum Gasteiger partial charge on any atom is -0.390 e. The molecular weight excluding hydrogens is 300 g/mol. The molecular formula is C19H22N4O. The summed E-state index contributed by atoms with van der Waals surface area (Å²) >= 11 is 0. The topological polar surface area (TPSA) is 54.2 Å². The van der Waals surface area contributed by atoms with Gasteiger partial charge in [-0.05, 0) is 24.1 Å². The first kappa shape index (κ1) is 15.3. The number of benzene rings is 1. The SMILES string of the molecule is Cc1ccc(CN2CCc3c(c(CO)nn3C)C2)c2cccnc12. The third-order valence-corrected chi connectivity index (χ3v) is 5.01. The quantitative estimate of drug-likeness (QED) is 0.804. The summed E-state index contributed by atoms with van der Waals surface area (Å²) < 4.78 is 1.92. The molecule has 124 valence electrons. The third-order valence-electron chi connectivity index (χ3n) is 5.01. The van der Waals surface area contributed by atoms with Gasteiger partial charge in [0.25, 0.3) is 0 Å². The molecule has 0 radical (unpaired) electrons. The number of aliphatic hydroxyl groups is 1. The molecule has 5 nitrogen and oxygen atoms in total. The first-order valence-electron chi connectivity index (χ1n) is 8.37. The highest BCUT2D eigenvalue weighted by Crippen LogP contribution is 2.26. The summed E-state index contributed by atoms with van der Waals surface area (Å²) in [7, 11) is 1.97. The van der Waals surface area contributed by atoms with E-state index in [1.165, 1.54) is 27.8 Å². The van der Waals surface area contributed by atoms with Gasteiger partial charge in [0, 0.05) is 55.9 Å². The van der Waals surface area contributed by atoms with Crippen molar-refractivity contribution in [1.29, 1.82) is 0 Å². The predicted octanol–water partition coefficient (Wildman–Crippen LogP) is 2.33. The Bertz CT molecular complexity index is 900. The molecule has 1 aromatic carbocycles. The molecule has 1 aliphatic heterocycles. The highest BCUT2D eigenvalue weighted by atomic mass is 16.3. The average Bonchev–Trinajstić information content (AvgIpc) is 2.93. The Morgan fingerprint density at radius 1 is 1.25 bits per heavy atom. The summed E-state index contributed by atoms with van der Waals surface area (Å²) in [6.07, 6.45) is 2.83. The van der Waals surface area contributed by atoms with Crippen molar-refractivity contribution in [3.05, 3.63) is 58.5 Å². The van der Waals surface area contributed by atoms with Crippen LogP contribution in [0.2, 0.25) is 0 Å². The second kappa shape index (κ2) is 6.00. The molecule has 0 aliphatic carbocycles. The van der Waals surface area contributed by atoms with E-state index in [0.717, 1.165) is 37.3 Å². The molecule has 1 N–H and O–H groups in total.